The van der Waals surface area contributed by atoms with Gasteiger partial charge in [-0.05, 0) is 0 Å². The molecule has 0 spiro atoms. The Bertz CT molecular complexity index is 339. The van der Waals surface area contributed by atoms with Crippen LogP contribution in [0.1, 0.15) is 11.8 Å². The SMILES string of the molecule is NC(O)c1cc([Se](=O)O)ccc1O. The second-order valence-electron chi connectivity index (χ2n) is 2.41. The summed E-state index contributed by atoms with van der Waals surface area (Å²) in [5.41, 5.74) is 5.16. The van der Waals surface area contributed by atoms with Crippen molar-refractivity contribution < 1.29 is 18.2 Å². The summed E-state index contributed by atoms with van der Waals surface area (Å²) in [6, 6.07) is 3.77. The van der Waals surface area contributed by atoms with Gasteiger partial charge in [-0.1, -0.05) is 0 Å². The van der Waals surface area contributed by atoms with Crippen LogP contribution < -0.4 is 10.2 Å². The van der Waals surface area contributed by atoms with Crippen molar-refractivity contribution in [2.75, 3.05) is 0 Å². The Hall–Kier alpha value is -0.781. The van der Waals surface area contributed by atoms with Gasteiger partial charge in [-0.3, -0.25) is 0 Å². The van der Waals surface area contributed by atoms with Gasteiger partial charge in [-0.25, -0.2) is 0 Å². The molecule has 0 aliphatic carbocycles. The minimum atomic E-state index is -3.02. The molecule has 2 atom stereocenters. The average Bonchev–Trinajstić information content (AvgIpc) is 2.04. The predicted octanol–water partition coefficient (Wildman–Crippen LogP) is -1.54. The first-order chi connectivity index (χ1) is 6.02. The van der Waals surface area contributed by atoms with Crippen molar-refractivity contribution in [3.63, 3.8) is 0 Å². The molecule has 6 heteroatoms. The Balaban J connectivity index is 3.19. The third-order valence-electron chi connectivity index (χ3n) is 1.52. The van der Waals surface area contributed by atoms with Crippen molar-refractivity contribution in [1.82, 2.24) is 0 Å². The maximum absolute atomic E-state index is 10.7. The Morgan fingerprint density at radius 2 is 2.08 bits per heavy atom. The van der Waals surface area contributed by atoms with Crippen molar-refractivity contribution in [3.8, 4) is 5.75 Å². The molecular weight excluding hydrogens is 241 g/mol. The van der Waals surface area contributed by atoms with Crippen LogP contribution in [-0.4, -0.2) is 28.6 Å². The van der Waals surface area contributed by atoms with Gasteiger partial charge in [0.05, 0.1) is 0 Å². The van der Waals surface area contributed by atoms with Gasteiger partial charge in [0.2, 0.25) is 0 Å². The summed E-state index contributed by atoms with van der Waals surface area (Å²) in [5, 5.41) is 18.1. The summed E-state index contributed by atoms with van der Waals surface area (Å²) < 4.78 is 19.7. The first-order valence-corrected chi connectivity index (χ1v) is 5.72. The van der Waals surface area contributed by atoms with Crippen LogP contribution in [0, 0.1) is 0 Å². The topological polar surface area (TPSA) is 104 Å². The second kappa shape index (κ2) is 3.95. The standard InChI is InChI=1S/C7H9NO4Se/c8-7(10)5-3-4(13(11)12)1-2-6(5)9/h1-3,7,9-10H,8H2,(H,11,12). The van der Waals surface area contributed by atoms with Gasteiger partial charge < -0.3 is 0 Å². The van der Waals surface area contributed by atoms with Crippen molar-refractivity contribution in [2.45, 2.75) is 6.23 Å². The van der Waals surface area contributed by atoms with Crippen LogP contribution in [0.4, 0.5) is 0 Å². The first kappa shape index (κ1) is 10.3. The van der Waals surface area contributed by atoms with Gasteiger partial charge in [0, 0.05) is 0 Å². The molecule has 1 rings (SSSR count). The summed E-state index contributed by atoms with van der Waals surface area (Å²) in [6.07, 6.45) is -1.34. The van der Waals surface area contributed by atoms with Crippen LogP contribution >= 0.6 is 0 Å². The van der Waals surface area contributed by atoms with Crippen LogP contribution in [0.2, 0.25) is 0 Å². The summed E-state index contributed by atoms with van der Waals surface area (Å²) in [6.45, 7) is 0. The maximum atomic E-state index is 10.7. The molecule has 1 aromatic carbocycles. The molecule has 5 N–H and O–H groups in total. The Labute approximate surface area is 78.8 Å². The zero-order valence-corrected chi connectivity index (χ0v) is 8.26. The van der Waals surface area contributed by atoms with Gasteiger partial charge in [0.25, 0.3) is 0 Å². The number of hydrogen-bond acceptors (Lipinski definition) is 4. The Morgan fingerprint density at radius 1 is 1.46 bits per heavy atom. The second-order valence-corrected chi connectivity index (χ2v) is 4.45. The molecule has 1 aromatic rings. The fourth-order valence-electron chi connectivity index (χ4n) is 0.878. The molecule has 0 fully saturated rings. The number of phenols is 1. The molecule has 0 aliphatic heterocycles. The van der Waals surface area contributed by atoms with Crippen LogP contribution in [0.25, 0.3) is 0 Å². The predicted molar refractivity (Wildman–Crippen MR) is 45.5 cm³/mol. The fourth-order valence-corrected chi connectivity index (χ4v) is 1.74. The molecule has 0 aliphatic rings. The number of rotatable bonds is 2. The number of aromatic hydroxyl groups is 1. The van der Waals surface area contributed by atoms with Gasteiger partial charge in [-0.2, -0.15) is 0 Å². The molecular formula is C7H9NO4Se. The molecule has 2 unspecified atom stereocenters. The van der Waals surface area contributed by atoms with Gasteiger partial charge in [-0.15, -0.1) is 0 Å². The molecule has 5 nitrogen and oxygen atoms in total. The number of aliphatic hydroxyl groups is 1. The third-order valence-corrected chi connectivity index (χ3v) is 2.90. The molecule has 0 heterocycles. The van der Waals surface area contributed by atoms with E-state index in [2.05, 4.69) is 0 Å². The Kier molecular flexibility index (Phi) is 3.13. The van der Waals surface area contributed by atoms with E-state index in [0.717, 1.165) is 0 Å². The van der Waals surface area contributed by atoms with E-state index in [1.54, 1.807) is 0 Å². The van der Waals surface area contributed by atoms with Crippen molar-refractivity contribution in [3.05, 3.63) is 23.8 Å². The molecule has 0 aromatic heterocycles. The molecule has 72 valence electrons. The number of hydrogen-bond donors (Lipinski definition) is 4. The van der Waals surface area contributed by atoms with E-state index in [9.17, 15) is 8.94 Å². The van der Waals surface area contributed by atoms with Crippen molar-refractivity contribution in [2.24, 2.45) is 5.73 Å². The van der Waals surface area contributed by atoms with E-state index in [4.69, 9.17) is 15.0 Å². The minimum absolute atomic E-state index is 0.0520. The van der Waals surface area contributed by atoms with E-state index in [1.807, 2.05) is 0 Å². The summed E-state index contributed by atoms with van der Waals surface area (Å²) in [5.74, 6) is -0.189. The van der Waals surface area contributed by atoms with E-state index >= 15 is 0 Å². The molecule has 0 saturated heterocycles. The van der Waals surface area contributed by atoms with E-state index in [1.165, 1.54) is 18.2 Å². The molecule has 13 heavy (non-hydrogen) atoms. The van der Waals surface area contributed by atoms with Crippen LogP contribution in [0.15, 0.2) is 18.2 Å². The monoisotopic (exact) mass is 251 g/mol. The zero-order chi connectivity index (χ0) is 10.0. The van der Waals surface area contributed by atoms with E-state index < -0.39 is 20.4 Å². The summed E-state index contributed by atoms with van der Waals surface area (Å²) in [7, 11) is 0. The number of phenolic OH excluding ortho intramolecular Hbond substituents is 1. The number of aliphatic hydroxyl groups excluding tert-OH is 1. The normalized spacial score (nSPS) is 15.3. The van der Waals surface area contributed by atoms with Gasteiger partial charge in [0.1, 0.15) is 0 Å². The molecule has 0 bridgehead atoms. The number of benzene rings is 1. The van der Waals surface area contributed by atoms with Gasteiger partial charge >= 0.3 is 78.3 Å². The molecule has 0 amide bonds. The quantitative estimate of drug-likeness (QED) is 0.376. The first-order valence-electron chi connectivity index (χ1n) is 3.40. The third kappa shape index (κ3) is 2.33. The summed E-state index contributed by atoms with van der Waals surface area (Å²) >= 11 is -3.02. The van der Waals surface area contributed by atoms with Crippen molar-refractivity contribution in [1.29, 1.82) is 0 Å². The Morgan fingerprint density at radius 3 is 2.54 bits per heavy atom. The zero-order valence-electron chi connectivity index (χ0n) is 6.54. The van der Waals surface area contributed by atoms with Crippen LogP contribution in [0.3, 0.4) is 0 Å². The van der Waals surface area contributed by atoms with E-state index in [-0.39, 0.29) is 15.8 Å². The van der Waals surface area contributed by atoms with Crippen LogP contribution in [0.5, 0.6) is 5.75 Å². The van der Waals surface area contributed by atoms with Gasteiger partial charge in [0.15, 0.2) is 0 Å². The average molecular weight is 250 g/mol. The summed E-state index contributed by atoms with van der Waals surface area (Å²) in [4.78, 5) is 0. The molecule has 0 radical (unpaired) electrons. The van der Waals surface area contributed by atoms with Crippen LogP contribution in [-0.2, 0) is 3.83 Å². The number of nitrogens with two attached hydrogens (primary N) is 1. The van der Waals surface area contributed by atoms with Crippen molar-refractivity contribution >= 4 is 18.6 Å². The van der Waals surface area contributed by atoms with E-state index in [0.29, 0.717) is 0 Å². The molecule has 0 saturated carbocycles. The fraction of sp³-hybridized carbons (Fsp3) is 0.143.